The minimum absolute atomic E-state index is 0.205. The highest BCUT2D eigenvalue weighted by Gasteiger charge is 2.32. The van der Waals surface area contributed by atoms with Crippen LogP contribution in [0.1, 0.15) is 33.3 Å². The molecule has 1 aliphatic heterocycles. The Morgan fingerprint density at radius 2 is 1.85 bits per heavy atom. The Hall–Kier alpha value is -2.33. The summed E-state index contributed by atoms with van der Waals surface area (Å²) < 4.78 is 27.7. The first-order valence-corrected chi connectivity index (χ1v) is 10.8. The van der Waals surface area contributed by atoms with Crippen LogP contribution in [0.25, 0.3) is 0 Å². The van der Waals surface area contributed by atoms with E-state index in [1.54, 1.807) is 36.0 Å². The average molecular weight is 455 g/mol. The van der Waals surface area contributed by atoms with Gasteiger partial charge in [-0.05, 0) is 59.1 Å². The lowest BCUT2D eigenvalue weighted by Crippen LogP contribution is -2.42. The fraction of sp³-hybridized carbons (Fsp3) is 0.294. The number of aromatic nitrogens is 1. The quantitative estimate of drug-likeness (QED) is 0.687. The van der Waals surface area contributed by atoms with E-state index in [1.807, 2.05) is 6.92 Å². The van der Waals surface area contributed by atoms with E-state index in [-0.39, 0.29) is 6.04 Å². The lowest BCUT2D eigenvalue weighted by molar-refractivity contribution is 0.0842. The number of hydrogen-bond acceptors (Lipinski definition) is 4. The first kappa shape index (κ1) is 19.4. The maximum atomic E-state index is 12.4. The number of benzene rings is 1. The van der Waals surface area contributed by atoms with Gasteiger partial charge in [0.25, 0.3) is 11.8 Å². The molecule has 0 radical (unpaired) electrons. The van der Waals surface area contributed by atoms with E-state index in [1.165, 1.54) is 10.4 Å². The largest absolute Gasteiger partial charge is 0.345 e. The fourth-order valence-electron chi connectivity index (χ4n) is 3.25. The second-order valence-corrected chi connectivity index (χ2v) is 9.29. The molecule has 2 heterocycles. The third-order valence-corrected chi connectivity index (χ3v) is 6.05. The van der Waals surface area contributed by atoms with Crippen LogP contribution in [-0.2, 0) is 23.5 Å². The average Bonchev–Trinajstić information content (AvgIpc) is 3.08. The van der Waals surface area contributed by atoms with Gasteiger partial charge >= 0.3 is 0 Å². The second-order valence-electron chi connectivity index (χ2n) is 6.52. The highest BCUT2D eigenvalue weighted by molar-refractivity contribution is 9.10. The summed E-state index contributed by atoms with van der Waals surface area (Å²) in [5.41, 5.74) is 6.83. The number of rotatable bonds is 3. The molecule has 10 heteroatoms. The van der Waals surface area contributed by atoms with Crippen molar-refractivity contribution < 1.29 is 18.0 Å². The summed E-state index contributed by atoms with van der Waals surface area (Å²) in [4.78, 5) is 24.5. The van der Waals surface area contributed by atoms with Crippen molar-refractivity contribution in [3.05, 3.63) is 51.8 Å². The molecule has 8 nitrogen and oxygen atoms in total. The second kappa shape index (κ2) is 7.01. The Kier molecular flexibility index (Phi) is 5.04. The fourth-order valence-corrected chi connectivity index (χ4v) is 5.04. The van der Waals surface area contributed by atoms with E-state index < -0.39 is 21.8 Å². The predicted molar refractivity (Wildman–Crippen MR) is 105 cm³/mol. The van der Waals surface area contributed by atoms with Gasteiger partial charge in [0, 0.05) is 29.3 Å². The van der Waals surface area contributed by atoms with E-state index in [4.69, 9.17) is 0 Å². The van der Waals surface area contributed by atoms with Crippen LogP contribution in [0.5, 0.6) is 0 Å². The molecule has 0 aliphatic carbocycles. The molecule has 0 fully saturated rings. The van der Waals surface area contributed by atoms with E-state index >= 15 is 0 Å². The minimum atomic E-state index is -3.38. The number of carbonyl (C=O) groups is 2. The molecule has 3 rings (SSSR count). The summed E-state index contributed by atoms with van der Waals surface area (Å²) >= 11 is 3.29. The third-order valence-electron chi connectivity index (χ3n) is 4.35. The van der Waals surface area contributed by atoms with E-state index in [2.05, 4.69) is 26.8 Å². The SMILES string of the molecule is CC1Cc2cc(C(=O)NNC(=O)c3cc(Br)cn3C)ccc2N1S(C)(=O)=O. The number of amides is 2. The molecule has 2 amide bonds. The zero-order valence-electron chi connectivity index (χ0n) is 15.0. The van der Waals surface area contributed by atoms with Crippen molar-refractivity contribution in [3.63, 3.8) is 0 Å². The van der Waals surface area contributed by atoms with E-state index in [0.29, 0.717) is 23.4 Å². The topological polar surface area (TPSA) is 101 Å². The van der Waals surface area contributed by atoms with Crippen molar-refractivity contribution in [2.45, 2.75) is 19.4 Å². The number of fused-ring (bicyclic) bond motifs is 1. The van der Waals surface area contributed by atoms with Gasteiger partial charge in [-0.15, -0.1) is 0 Å². The van der Waals surface area contributed by atoms with Gasteiger partial charge in [0.05, 0.1) is 11.9 Å². The maximum absolute atomic E-state index is 12.4. The maximum Gasteiger partial charge on any atom is 0.286 e. The molecular weight excluding hydrogens is 436 g/mol. The lowest BCUT2D eigenvalue weighted by atomic mass is 10.1. The third kappa shape index (κ3) is 3.86. The number of hydrazine groups is 1. The number of nitrogens with zero attached hydrogens (tertiary/aromatic N) is 2. The normalized spacial score (nSPS) is 16.1. The number of anilines is 1. The predicted octanol–water partition coefficient (Wildman–Crippen LogP) is 1.57. The first-order valence-electron chi connectivity index (χ1n) is 8.13. The number of sulfonamides is 1. The van der Waals surface area contributed by atoms with Crippen LogP contribution in [-0.4, -0.2) is 37.1 Å². The number of halogens is 1. The highest BCUT2D eigenvalue weighted by Crippen LogP contribution is 2.34. The molecule has 0 saturated heterocycles. The lowest BCUT2D eigenvalue weighted by Gasteiger charge is -2.21. The summed E-state index contributed by atoms with van der Waals surface area (Å²) in [6, 6.07) is 6.24. The Morgan fingerprint density at radius 1 is 1.19 bits per heavy atom. The standard InChI is InChI=1S/C17H19BrN4O4S/c1-10-6-12-7-11(4-5-14(12)22(10)27(3,25)26)16(23)19-20-17(24)15-8-13(18)9-21(15)2/h4-5,7-10H,6H2,1-3H3,(H,19,23)(H,20,24). The van der Waals surface area contributed by atoms with Gasteiger partial charge in [-0.25, -0.2) is 8.42 Å². The van der Waals surface area contributed by atoms with Crippen LogP contribution in [0, 0.1) is 0 Å². The van der Waals surface area contributed by atoms with Crippen molar-refractivity contribution in [1.82, 2.24) is 15.4 Å². The molecule has 2 N–H and O–H groups in total. The van der Waals surface area contributed by atoms with Gasteiger partial charge in [-0.3, -0.25) is 24.7 Å². The molecule has 1 aromatic carbocycles. The first-order chi connectivity index (χ1) is 12.6. The van der Waals surface area contributed by atoms with Gasteiger partial charge in [0.1, 0.15) is 5.69 Å². The Balaban J connectivity index is 1.73. The van der Waals surface area contributed by atoms with Gasteiger partial charge in [-0.2, -0.15) is 0 Å². The molecule has 1 unspecified atom stereocenters. The van der Waals surface area contributed by atoms with Gasteiger partial charge in [0.15, 0.2) is 0 Å². The van der Waals surface area contributed by atoms with Crippen LogP contribution >= 0.6 is 15.9 Å². The Bertz CT molecular complexity index is 1030. The number of hydrogen-bond donors (Lipinski definition) is 2. The monoisotopic (exact) mass is 454 g/mol. The Morgan fingerprint density at radius 3 is 2.44 bits per heavy atom. The van der Waals surface area contributed by atoms with Crippen molar-refractivity contribution in [2.24, 2.45) is 7.05 Å². The van der Waals surface area contributed by atoms with Crippen molar-refractivity contribution >= 4 is 43.5 Å². The molecule has 1 aromatic heterocycles. The molecule has 0 spiro atoms. The molecule has 2 aromatic rings. The van der Waals surface area contributed by atoms with Crippen molar-refractivity contribution in [3.8, 4) is 0 Å². The number of carbonyl (C=O) groups excluding carboxylic acids is 2. The number of nitrogens with one attached hydrogen (secondary N) is 2. The zero-order valence-corrected chi connectivity index (χ0v) is 17.4. The van der Waals surface area contributed by atoms with Gasteiger partial charge in [-0.1, -0.05) is 0 Å². The summed E-state index contributed by atoms with van der Waals surface area (Å²) in [5, 5.41) is 0. The smallest absolute Gasteiger partial charge is 0.286 e. The molecule has 144 valence electrons. The van der Waals surface area contributed by atoms with Crippen molar-refractivity contribution in [2.75, 3.05) is 10.6 Å². The Labute approximate surface area is 165 Å². The molecule has 0 bridgehead atoms. The van der Waals surface area contributed by atoms with E-state index in [9.17, 15) is 18.0 Å². The zero-order chi connectivity index (χ0) is 19.9. The van der Waals surface area contributed by atoms with Crippen LogP contribution in [0.15, 0.2) is 34.9 Å². The van der Waals surface area contributed by atoms with Crippen LogP contribution < -0.4 is 15.2 Å². The minimum Gasteiger partial charge on any atom is -0.345 e. The van der Waals surface area contributed by atoms with E-state index in [0.717, 1.165) is 16.3 Å². The van der Waals surface area contributed by atoms with Crippen molar-refractivity contribution in [1.29, 1.82) is 0 Å². The molecular formula is C17H19BrN4O4S. The summed E-state index contributed by atoms with van der Waals surface area (Å²) in [6.45, 7) is 1.82. The van der Waals surface area contributed by atoms with Crippen LogP contribution in [0.3, 0.4) is 0 Å². The summed E-state index contributed by atoms with van der Waals surface area (Å²) in [5.74, 6) is -0.931. The summed E-state index contributed by atoms with van der Waals surface area (Å²) in [6.07, 6.45) is 3.41. The van der Waals surface area contributed by atoms with Crippen LogP contribution in [0.2, 0.25) is 0 Å². The van der Waals surface area contributed by atoms with Gasteiger partial charge in [0.2, 0.25) is 10.0 Å². The van der Waals surface area contributed by atoms with Gasteiger partial charge < -0.3 is 4.57 Å². The highest BCUT2D eigenvalue weighted by atomic mass is 79.9. The number of aryl methyl sites for hydroxylation is 1. The molecule has 1 atom stereocenters. The van der Waals surface area contributed by atoms with Crippen LogP contribution in [0.4, 0.5) is 5.69 Å². The molecule has 27 heavy (non-hydrogen) atoms. The summed E-state index contributed by atoms with van der Waals surface area (Å²) in [7, 11) is -1.66. The molecule has 1 aliphatic rings. The molecule has 0 saturated carbocycles.